The maximum absolute atomic E-state index is 13.9. The number of anilines is 1. The van der Waals surface area contributed by atoms with Gasteiger partial charge in [0.1, 0.15) is 28.6 Å². The van der Waals surface area contributed by atoms with Gasteiger partial charge in [-0.1, -0.05) is 59.8 Å². The summed E-state index contributed by atoms with van der Waals surface area (Å²) in [4.78, 5) is 36.5. The van der Waals surface area contributed by atoms with Crippen LogP contribution in [-0.4, -0.2) is 105 Å². The van der Waals surface area contributed by atoms with E-state index in [9.17, 15) is 40.3 Å². The fourth-order valence-electron chi connectivity index (χ4n) is 9.59. The Morgan fingerprint density at radius 3 is 2.24 bits per heavy atom. The van der Waals surface area contributed by atoms with Gasteiger partial charge in [0.2, 0.25) is 0 Å². The van der Waals surface area contributed by atoms with Crippen molar-refractivity contribution < 1.29 is 58.7 Å². The van der Waals surface area contributed by atoms with Crippen LogP contribution in [0.25, 0.3) is 10.8 Å². The number of carbonyl (C=O) groups is 2. The van der Waals surface area contributed by atoms with E-state index in [2.05, 4.69) is 5.32 Å². The van der Waals surface area contributed by atoms with Crippen molar-refractivity contribution in [2.24, 2.45) is 39.6 Å². The lowest BCUT2D eigenvalue weighted by Crippen LogP contribution is -2.54. The zero-order chi connectivity index (χ0) is 45.8. The fraction of sp³-hybridized carbons (Fsp3) is 0.609. The molecule has 6 N–H and O–H groups in total. The molecule has 0 aliphatic carbocycles. The molecule has 0 saturated carbocycles. The fourth-order valence-corrected chi connectivity index (χ4v) is 9.59. The Morgan fingerprint density at radius 2 is 1.63 bits per heavy atom. The van der Waals surface area contributed by atoms with E-state index in [0.717, 1.165) is 0 Å². The Kier molecular flexibility index (Phi) is 13.3. The van der Waals surface area contributed by atoms with Gasteiger partial charge in [-0.15, -0.1) is 0 Å². The van der Waals surface area contributed by atoms with Gasteiger partial charge in [0.25, 0.3) is 11.7 Å². The van der Waals surface area contributed by atoms with E-state index in [1.807, 2.05) is 13.8 Å². The summed E-state index contributed by atoms with van der Waals surface area (Å²) < 4.78 is 23.8. The first-order valence-corrected chi connectivity index (χ1v) is 21.5. The number of fused-ring (bicyclic) bond motifs is 1. The number of likely N-dealkylation sites (tertiary alicyclic amines) is 1. The second-order valence-electron chi connectivity index (χ2n) is 18.5. The number of methoxy groups -OCH3 is 1. The van der Waals surface area contributed by atoms with E-state index >= 15 is 0 Å². The molecule has 0 aromatic heterocycles. The topological polar surface area (TPSA) is 232 Å². The Bertz CT molecular complexity index is 2300. The number of hydroxylamine groups is 3. The molecular formula is C46H64N4O12. The molecule has 2 aromatic carbocycles. The number of aromatic hydroxyl groups is 2. The minimum absolute atomic E-state index is 0.0904. The quantitative estimate of drug-likeness (QED) is 0.107. The van der Waals surface area contributed by atoms with Crippen LogP contribution in [0.2, 0.25) is 0 Å². The van der Waals surface area contributed by atoms with Crippen LogP contribution in [0.1, 0.15) is 92.4 Å². The number of piperidine rings is 1. The number of rotatable bonds is 4. The van der Waals surface area contributed by atoms with Gasteiger partial charge >= 0.3 is 5.97 Å². The second kappa shape index (κ2) is 17.5. The van der Waals surface area contributed by atoms with Crippen molar-refractivity contribution >= 4 is 28.3 Å². The Labute approximate surface area is 362 Å². The number of hydrogen-bond acceptors (Lipinski definition) is 14. The molecule has 4 heterocycles. The van der Waals surface area contributed by atoms with E-state index in [1.165, 1.54) is 27.2 Å². The monoisotopic (exact) mass is 864 g/mol. The lowest BCUT2D eigenvalue weighted by Gasteiger charge is -2.49. The van der Waals surface area contributed by atoms with E-state index in [1.54, 1.807) is 65.8 Å². The van der Waals surface area contributed by atoms with Crippen molar-refractivity contribution in [3.8, 4) is 17.2 Å². The summed E-state index contributed by atoms with van der Waals surface area (Å²) in [6.45, 7) is 17.8. The summed E-state index contributed by atoms with van der Waals surface area (Å²) in [6, 6.07) is 0. The Hall–Kier alpha value is -4.58. The van der Waals surface area contributed by atoms with Crippen molar-refractivity contribution in [1.29, 1.82) is 0 Å². The SMILES string of the molecule is CO[C@H]1/C=C/O[C@@]2(C)Oc3c(C)c(O)c4c(O)c(c5c(c4c3[C@H]2O)=NC2(CC[N+]([O-])(CC(C)C)CC2)N=5)NC(=O)/C(C)=C\C=C\[C@H](C)[C@H](O)[C@@H](C)[C@@H](O)[C@@H](C)[C@H](OC(C)=O)[C@@H]1C. The molecular weight excluding hydrogens is 801 g/mol. The minimum Gasteiger partial charge on any atom is -0.633 e. The van der Waals surface area contributed by atoms with Crippen molar-refractivity contribution in [1.82, 2.24) is 0 Å². The molecule has 62 heavy (non-hydrogen) atoms. The van der Waals surface area contributed by atoms with Crippen LogP contribution in [0.4, 0.5) is 5.69 Å². The number of nitrogens with one attached hydrogen (secondary N) is 1. The highest BCUT2D eigenvalue weighted by Crippen LogP contribution is 2.54. The molecule has 340 valence electrons. The van der Waals surface area contributed by atoms with Gasteiger partial charge in [-0.25, -0.2) is 0 Å². The Balaban J connectivity index is 1.54. The summed E-state index contributed by atoms with van der Waals surface area (Å²) in [6.07, 6.45) is 2.96. The molecule has 4 aliphatic heterocycles. The second-order valence-corrected chi connectivity index (χ2v) is 18.5. The average molecular weight is 865 g/mol. The third-order valence-electron chi connectivity index (χ3n) is 13.3. The largest absolute Gasteiger partial charge is 0.633 e. The highest BCUT2D eigenvalue weighted by molar-refractivity contribution is 6.08. The van der Waals surface area contributed by atoms with E-state index in [-0.39, 0.29) is 87.2 Å². The predicted molar refractivity (Wildman–Crippen MR) is 230 cm³/mol. The Morgan fingerprint density at radius 1 is 0.984 bits per heavy atom. The number of hydrogen-bond donors (Lipinski definition) is 6. The number of phenolic OH excluding ortho intramolecular Hbond substituents is 2. The first kappa shape index (κ1) is 46.9. The third-order valence-corrected chi connectivity index (χ3v) is 13.3. The molecule has 0 radical (unpaired) electrons. The number of nitrogens with zero attached hydrogens (tertiary/aromatic N) is 3. The molecule has 2 aromatic rings. The van der Waals surface area contributed by atoms with Crippen molar-refractivity contribution in [3.63, 3.8) is 0 Å². The summed E-state index contributed by atoms with van der Waals surface area (Å²) >= 11 is 0. The molecule has 4 aliphatic rings. The maximum Gasteiger partial charge on any atom is 0.302 e. The number of ether oxygens (including phenoxy) is 4. The smallest absolute Gasteiger partial charge is 0.302 e. The number of phenols is 2. The first-order valence-electron chi connectivity index (χ1n) is 21.5. The van der Waals surface area contributed by atoms with Crippen LogP contribution in [0, 0.1) is 41.7 Å². The number of carbonyl (C=O) groups excluding carboxylic acids is 2. The number of esters is 1. The summed E-state index contributed by atoms with van der Waals surface area (Å²) in [5.74, 6) is -5.99. The molecule has 16 heteroatoms. The van der Waals surface area contributed by atoms with Crippen molar-refractivity contribution in [2.45, 2.75) is 124 Å². The maximum atomic E-state index is 13.9. The highest BCUT2D eigenvalue weighted by Gasteiger charge is 2.50. The molecule has 1 spiro atoms. The van der Waals surface area contributed by atoms with Gasteiger partial charge in [-0.2, -0.15) is 0 Å². The molecule has 0 unspecified atom stereocenters. The number of aliphatic hydroxyl groups excluding tert-OH is 3. The first-order chi connectivity index (χ1) is 29.0. The molecule has 1 saturated heterocycles. The predicted octanol–water partition coefficient (Wildman–Crippen LogP) is 4.61. The number of amides is 1. The number of quaternary nitrogens is 1. The van der Waals surface area contributed by atoms with E-state index < -0.39 is 87.9 Å². The molecule has 6 rings (SSSR count). The number of allylic oxidation sites excluding steroid dienone is 2. The molecule has 4 bridgehead atoms. The van der Waals surface area contributed by atoms with Gasteiger partial charge in [-0.3, -0.25) is 19.6 Å². The lowest BCUT2D eigenvalue weighted by molar-refractivity contribution is -0.889. The summed E-state index contributed by atoms with van der Waals surface area (Å²) in [5.41, 5.74) is -0.651. The van der Waals surface area contributed by atoms with Gasteiger partial charge in [0, 0.05) is 85.5 Å². The van der Waals surface area contributed by atoms with Crippen LogP contribution >= 0.6 is 0 Å². The number of benzene rings is 2. The molecule has 16 nitrogen and oxygen atoms in total. The van der Waals surface area contributed by atoms with Crippen LogP contribution in [0.3, 0.4) is 0 Å². The van der Waals surface area contributed by atoms with Crippen LogP contribution in [0.15, 0.2) is 46.1 Å². The van der Waals surface area contributed by atoms with Gasteiger partial charge in [-0.05, 0) is 19.9 Å². The van der Waals surface area contributed by atoms with Gasteiger partial charge in [0.15, 0.2) is 17.5 Å². The van der Waals surface area contributed by atoms with Crippen LogP contribution in [0.5, 0.6) is 17.2 Å². The highest BCUT2D eigenvalue weighted by atomic mass is 16.7. The van der Waals surface area contributed by atoms with Gasteiger partial charge in [0.05, 0.1) is 55.0 Å². The molecule has 1 fully saturated rings. The summed E-state index contributed by atoms with van der Waals surface area (Å²) in [5, 5.41) is 76.1. The zero-order valence-electron chi connectivity index (χ0n) is 37.6. The third kappa shape index (κ3) is 8.57. The lowest BCUT2D eigenvalue weighted by atomic mass is 9.78. The van der Waals surface area contributed by atoms with Crippen molar-refractivity contribution in [2.75, 3.05) is 32.1 Å². The summed E-state index contributed by atoms with van der Waals surface area (Å²) in [7, 11) is 1.47. The van der Waals surface area contributed by atoms with Crippen LogP contribution < -0.4 is 20.8 Å². The number of aliphatic hydroxyl groups is 3. The van der Waals surface area contributed by atoms with E-state index in [0.29, 0.717) is 6.54 Å². The zero-order valence-corrected chi connectivity index (χ0v) is 37.6. The normalized spacial score (nSPS) is 37.1. The van der Waals surface area contributed by atoms with Gasteiger partial charge < -0.3 is 59.7 Å². The minimum atomic E-state index is -1.81. The molecule has 10 atom stereocenters. The van der Waals surface area contributed by atoms with Crippen molar-refractivity contribution in [3.05, 3.63) is 63.2 Å². The molecule has 1 amide bonds. The average Bonchev–Trinajstić information content (AvgIpc) is 3.72. The van der Waals surface area contributed by atoms with E-state index in [4.69, 9.17) is 28.9 Å². The standard InChI is InChI=1S/C46H64N4O12/c1-22(2)21-50(58)18-16-46(17-19-50)48-34-31-32-39(54)28(8)42-33(31)43(56)45(10,62-42)60-20-15-30(59-11)25(5)41(61-29(9)51)27(7)38(53)26(6)37(52)23(3)13-12-14-24(4)44(57)47-36(40(32)55)35(34)49-46/h12-15,20,22-23,25-27,30,37-38,41,43,52-56H,16-19,21H2,1-11H3,(H,47,57)/b13-12+,20-15+,24-14-/t23-,25+,26+,27+,30-,37-,38+,41+,43+,45-,46?,50?/m0/s1. The van der Waals surface area contributed by atoms with Crippen LogP contribution in [-0.2, 0) is 23.8 Å².